The van der Waals surface area contributed by atoms with Crippen LogP contribution in [0.2, 0.25) is 0 Å². The summed E-state index contributed by atoms with van der Waals surface area (Å²) in [6, 6.07) is 17.1. The lowest BCUT2D eigenvalue weighted by Crippen LogP contribution is -2.34. The van der Waals surface area contributed by atoms with Gasteiger partial charge in [0.15, 0.2) is 0 Å². The molecule has 0 fully saturated rings. The second kappa shape index (κ2) is 6.07. The Morgan fingerprint density at radius 3 is 2.50 bits per heavy atom. The van der Waals surface area contributed by atoms with E-state index in [1.807, 2.05) is 73.7 Å². The summed E-state index contributed by atoms with van der Waals surface area (Å²) in [5.74, 6) is 0.0359. The van der Waals surface area contributed by atoms with Gasteiger partial charge >= 0.3 is 0 Å². The number of benzene rings is 2. The first-order valence-corrected chi connectivity index (χ1v) is 8.98. The van der Waals surface area contributed by atoms with Gasteiger partial charge in [-0.3, -0.25) is 0 Å². The van der Waals surface area contributed by atoms with Crippen molar-refractivity contribution in [3.63, 3.8) is 0 Å². The molecular weight excluding hydrogens is 294 g/mol. The second-order valence-electron chi connectivity index (χ2n) is 5.52. The van der Waals surface area contributed by atoms with Crippen LogP contribution in [0.5, 0.6) is 0 Å². The molecule has 22 heavy (non-hydrogen) atoms. The molecule has 0 saturated carbocycles. The van der Waals surface area contributed by atoms with Gasteiger partial charge < -0.3 is 0 Å². The number of sulfonamides is 1. The van der Waals surface area contributed by atoms with Gasteiger partial charge in [0, 0.05) is 12.6 Å². The second-order valence-corrected chi connectivity index (χ2v) is 7.44. The Labute approximate surface area is 132 Å². The molecule has 0 N–H and O–H groups in total. The first-order valence-electron chi connectivity index (χ1n) is 7.37. The quantitative estimate of drug-likeness (QED) is 0.868. The fourth-order valence-corrected chi connectivity index (χ4v) is 4.55. The minimum absolute atomic E-state index is 0.0359. The molecule has 3 rings (SSSR count). The molecule has 0 radical (unpaired) electrons. The average Bonchev–Trinajstić information content (AvgIpc) is 2.68. The molecule has 114 valence electrons. The lowest BCUT2D eigenvalue weighted by atomic mass is 10.0. The molecule has 1 aliphatic heterocycles. The molecule has 0 bridgehead atoms. The number of hydrogen-bond acceptors (Lipinski definition) is 2. The van der Waals surface area contributed by atoms with E-state index in [1.165, 1.54) is 0 Å². The van der Waals surface area contributed by atoms with Crippen molar-refractivity contribution >= 4 is 16.1 Å². The van der Waals surface area contributed by atoms with Gasteiger partial charge in [0.25, 0.3) is 0 Å². The fraction of sp³-hybridized carbons (Fsp3) is 0.222. The third-order valence-corrected chi connectivity index (χ3v) is 5.89. The Hall–Kier alpha value is -1.91. The summed E-state index contributed by atoms with van der Waals surface area (Å²) >= 11 is 0. The first kappa shape index (κ1) is 15.0. The predicted molar refractivity (Wildman–Crippen MR) is 89.7 cm³/mol. The standard InChI is InChI=1S/C18H19NO2S/c1-15-18-12-6-5-10-17(18)11-7-13-19(15)22(20,21)14-16-8-3-2-4-9-16/h2-12,15H,13-14H2,1H3/t15-/m1/s1. The smallest absolute Gasteiger partial charge is 0.212 e. The summed E-state index contributed by atoms with van der Waals surface area (Å²) < 4.78 is 27.2. The van der Waals surface area contributed by atoms with Gasteiger partial charge in [-0.2, -0.15) is 4.31 Å². The Balaban J connectivity index is 1.93. The van der Waals surface area contributed by atoms with Crippen molar-refractivity contribution < 1.29 is 8.42 Å². The van der Waals surface area contributed by atoms with E-state index in [0.29, 0.717) is 6.54 Å². The molecule has 3 nitrogen and oxygen atoms in total. The zero-order chi connectivity index (χ0) is 15.6. The maximum absolute atomic E-state index is 12.8. The zero-order valence-electron chi connectivity index (χ0n) is 12.5. The molecule has 4 heteroatoms. The minimum Gasteiger partial charge on any atom is -0.212 e. The van der Waals surface area contributed by atoms with Crippen LogP contribution in [0.4, 0.5) is 0 Å². The van der Waals surface area contributed by atoms with E-state index < -0.39 is 10.0 Å². The Morgan fingerprint density at radius 1 is 1.05 bits per heavy atom. The van der Waals surface area contributed by atoms with Gasteiger partial charge in [0.1, 0.15) is 0 Å². The van der Waals surface area contributed by atoms with E-state index in [2.05, 4.69) is 0 Å². The average molecular weight is 313 g/mol. The zero-order valence-corrected chi connectivity index (χ0v) is 13.3. The number of rotatable bonds is 3. The molecule has 0 spiro atoms. The van der Waals surface area contributed by atoms with E-state index in [1.54, 1.807) is 4.31 Å². The third-order valence-electron chi connectivity index (χ3n) is 4.01. The van der Waals surface area contributed by atoms with Crippen LogP contribution in [-0.4, -0.2) is 19.3 Å². The molecule has 2 aromatic rings. The number of nitrogens with zero attached hydrogens (tertiary/aromatic N) is 1. The molecule has 2 aromatic carbocycles. The molecule has 0 saturated heterocycles. The van der Waals surface area contributed by atoms with Gasteiger partial charge in [-0.15, -0.1) is 0 Å². The topological polar surface area (TPSA) is 37.4 Å². The van der Waals surface area contributed by atoms with Gasteiger partial charge in [0.2, 0.25) is 10.0 Å². The van der Waals surface area contributed by atoms with Gasteiger partial charge in [0.05, 0.1) is 5.75 Å². The highest BCUT2D eigenvalue weighted by Crippen LogP contribution is 2.30. The summed E-state index contributed by atoms with van der Waals surface area (Å²) in [5.41, 5.74) is 2.96. The summed E-state index contributed by atoms with van der Waals surface area (Å²) in [5, 5.41) is 0. The van der Waals surface area contributed by atoms with Crippen molar-refractivity contribution in [3.8, 4) is 0 Å². The van der Waals surface area contributed by atoms with Crippen LogP contribution in [0.15, 0.2) is 60.7 Å². The third kappa shape index (κ3) is 2.98. The monoisotopic (exact) mass is 313 g/mol. The maximum Gasteiger partial charge on any atom is 0.219 e. The lowest BCUT2D eigenvalue weighted by molar-refractivity contribution is 0.372. The van der Waals surface area contributed by atoms with Crippen molar-refractivity contribution in [2.75, 3.05) is 6.54 Å². The highest BCUT2D eigenvalue weighted by molar-refractivity contribution is 7.88. The molecule has 0 unspecified atom stereocenters. The van der Waals surface area contributed by atoms with Crippen LogP contribution in [0.25, 0.3) is 6.08 Å². The fourth-order valence-electron chi connectivity index (χ4n) is 2.86. The Morgan fingerprint density at radius 2 is 1.73 bits per heavy atom. The minimum atomic E-state index is -3.37. The highest BCUT2D eigenvalue weighted by Gasteiger charge is 2.29. The number of fused-ring (bicyclic) bond motifs is 1. The Kier molecular flexibility index (Phi) is 4.14. The Bertz CT molecular complexity index is 782. The highest BCUT2D eigenvalue weighted by atomic mass is 32.2. The van der Waals surface area contributed by atoms with Crippen LogP contribution in [-0.2, 0) is 15.8 Å². The van der Waals surface area contributed by atoms with Crippen molar-refractivity contribution in [1.29, 1.82) is 0 Å². The van der Waals surface area contributed by atoms with Crippen molar-refractivity contribution in [3.05, 3.63) is 77.4 Å². The van der Waals surface area contributed by atoms with E-state index >= 15 is 0 Å². The van der Waals surface area contributed by atoms with E-state index in [-0.39, 0.29) is 11.8 Å². The van der Waals surface area contributed by atoms with Gasteiger partial charge in [-0.05, 0) is 23.6 Å². The van der Waals surface area contributed by atoms with Crippen LogP contribution in [0.1, 0.15) is 29.7 Å². The SMILES string of the molecule is C[C@@H]1c2ccccc2C=CCN1S(=O)(=O)Cc1ccccc1. The molecule has 1 heterocycles. The maximum atomic E-state index is 12.8. The van der Waals surface area contributed by atoms with Gasteiger partial charge in [-0.25, -0.2) is 8.42 Å². The predicted octanol–water partition coefficient (Wildman–Crippen LogP) is 3.61. The van der Waals surface area contributed by atoms with E-state index in [4.69, 9.17) is 0 Å². The van der Waals surface area contributed by atoms with Gasteiger partial charge in [-0.1, -0.05) is 66.7 Å². The van der Waals surface area contributed by atoms with Crippen molar-refractivity contribution in [2.24, 2.45) is 0 Å². The normalized spacial score (nSPS) is 18.7. The number of hydrogen-bond donors (Lipinski definition) is 0. The van der Waals surface area contributed by atoms with Crippen molar-refractivity contribution in [1.82, 2.24) is 4.31 Å². The van der Waals surface area contributed by atoms with E-state index in [0.717, 1.165) is 16.7 Å². The van der Waals surface area contributed by atoms with E-state index in [9.17, 15) is 8.42 Å². The summed E-state index contributed by atoms with van der Waals surface area (Å²) in [4.78, 5) is 0. The summed E-state index contributed by atoms with van der Waals surface area (Å²) in [7, 11) is -3.37. The molecule has 0 aliphatic carbocycles. The molecular formula is C18H19NO2S. The van der Waals surface area contributed by atoms with Crippen LogP contribution in [0.3, 0.4) is 0 Å². The lowest BCUT2D eigenvalue weighted by Gasteiger charge is -2.27. The van der Waals surface area contributed by atoms with Crippen LogP contribution >= 0.6 is 0 Å². The molecule has 1 aliphatic rings. The molecule has 0 amide bonds. The summed E-state index contributed by atoms with van der Waals surface area (Å²) in [6.45, 7) is 2.36. The summed E-state index contributed by atoms with van der Waals surface area (Å²) in [6.07, 6.45) is 3.93. The van der Waals surface area contributed by atoms with Crippen LogP contribution in [0, 0.1) is 0 Å². The molecule has 1 atom stereocenters. The van der Waals surface area contributed by atoms with Crippen LogP contribution < -0.4 is 0 Å². The van der Waals surface area contributed by atoms with Crippen molar-refractivity contribution in [2.45, 2.75) is 18.7 Å². The first-order chi connectivity index (χ1) is 10.6. The molecule has 0 aromatic heterocycles. The largest absolute Gasteiger partial charge is 0.219 e.